The molecule has 0 saturated heterocycles. The second-order valence-corrected chi connectivity index (χ2v) is 9.76. The quantitative estimate of drug-likeness (QED) is 0.643. The summed E-state index contributed by atoms with van der Waals surface area (Å²) in [4.78, 5) is 8.55. The lowest BCUT2D eigenvalue weighted by Crippen LogP contribution is -2.35. The van der Waals surface area contributed by atoms with Crippen LogP contribution in [0.3, 0.4) is 0 Å². The van der Waals surface area contributed by atoms with Gasteiger partial charge in [-0.2, -0.15) is 13.2 Å². The van der Waals surface area contributed by atoms with Gasteiger partial charge in [-0.15, -0.1) is 0 Å². The zero-order chi connectivity index (χ0) is 22.7. The van der Waals surface area contributed by atoms with Gasteiger partial charge in [0.15, 0.2) is 0 Å². The molecule has 0 aliphatic rings. The van der Waals surface area contributed by atoms with Crippen LogP contribution >= 0.6 is 0 Å². The van der Waals surface area contributed by atoms with Crippen LogP contribution in [0.1, 0.15) is 12.5 Å². The molecular weight excluding hydrogens is 449 g/mol. The summed E-state index contributed by atoms with van der Waals surface area (Å²) in [5.74, 6) is 0. The molecule has 0 radical (unpaired) electrons. The van der Waals surface area contributed by atoms with Gasteiger partial charge >= 0.3 is 12.3 Å². The van der Waals surface area contributed by atoms with Crippen molar-refractivity contribution in [3.05, 3.63) is 54.1 Å². The maximum absolute atomic E-state index is 13.4. The van der Waals surface area contributed by atoms with Crippen molar-refractivity contribution in [2.24, 2.45) is 5.73 Å². The summed E-state index contributed by atoms with van der Waals surface area (Å²) in [6.45, 7) is 0.673. The van der Waals surface area contributed by atoms with Crippen molar-refractivity contribution in [2.75, 3.05) is 6.54 Å². The Bertz CT molecular complexity index is 1130. The van der Waals surface area contributed by atoms with E-state index in [0.717, 1.165) is 0 Å². The minimum atomic E-state index is -5.07. The van der Waals surface area contributed by atoms with Crippen LogP contribution in [0.25, 0.3) is 0 Å². The number of ether oxygens (including phenoxy) is 1. The van der Waals surface area contributed by atoms with Crippen LogP contribution in [0.15, 0.2) is 63.2 Å². The van der Waals surface area contributed by atoms with E-state index in [-0.39, 0.29) is 4.90 Å². The molecule has 3 N–H and O–H groups in total. The van der Waals surface area contributed by atoms with Crippen molar-refractivity contribution in [2.45, 2.75) is 33.9 Å². The highest BCUT2D eigenvalue weighted by atomic mass is 32.2. The molecule has 1 atom stereocenters. The van der Waals surface area contributed by atoms with E-state index in [9.17, 15) is 34.8 Å². The first kappa shape index (κ1) is 23.6. The number of sulfone groups is 1. The van der Waals surface area contributed by atoms with E-state index in [1.165, 1.54) is 31.2 Å². The van der Waals surface area contributed by atoms with E-state index in [2.05, 4.69) is 4.74 Å². The third-order valence-corrected chi connectivity index (χ3v) is 7.02. The Morgan fingerprint density at radius 2 is 1.67 bits per heavy atom. The van der Waals surface area contributed by atoms with Gasteiger partial charge in [0.1, 0.15) is 6.10 Å². The van der Waals surface area contributed by atoms with Gasteiger partial charge in [0.25, 0.3) is 0 Å². The maximum atomic E-state index is 13.4. The fourth-order valence-electron chi connectivity index (χ4n) is 2.41. The number of benzene rings is 2. The smallest absolute Gasteiger partial charge is 0.417 e. The van der Waals surface area contributed by atoms with Crippen molar-refractivity contribution in [1.82, 2.24) is 4.72 Å². The molecule has 0 fully saturated rings. The Morgan fingerprint density at radius 1 is 1.07 bits per heavy atom. The monoisotopic (exact) mass is 466 g/mol. The van der Waals surface area contributed by atoms with Crippen LogP contribution in [-0.2, 0) is 30.8 Å². The number of hydrogen-bond acceptors (Lipinski definition) is 6. The number of halogens is 3. The molecule has 2 rings (SSSR count). The lowest BCUT2D eigenvalue weighted by molar-refractivity contribution is -0.139. The van der Waals surface area contributed by atoms with Gasteiger partial charge in [-0.05, 0) is 37.3 Å². The Kier molecular flexibility index (Phi) is 6.79. The lowest BCUT2D eigenvalue weighted by atomic mass is 10.2. The third kappa shape index (κ3) is 5.49. The number of carbonyl (C=O) groups is 1. The summed E-state index contributed by atoms with van der Waals surface area (Å²) in [5.41, 5.74) is 3.24. The zero-order valence-electron chi connectivity index (χ0n) is 15.4. The molecule has 0 saturated carbocycles. The Hall–Kier alpha value is -2.64. The molecule has 0 aliphatic heterocycles. The minimum Gasteiger partial charge on any atom is -0.445 e. The van der Waals surface area contributed by atoms with Crippen LogP contribution in [0.2, 0.25) is 0 Å². The number of alkyl halides is 3. The highest BCUT2D eigenvalue weighted by Gasteiger charge is 2.38. The summed E-state index contributed by atoms with van der Waals surface area (Å²) < 4.78 is 96.9. The van der Waals surface area contributed by atoms with Gasteiger partial charge < -0.3 is 10.5 Å². The standard InChI is InChI=1S/C17H17F3N2O6S2/c1-11(28-16(21)23)10-22-30(26,27)15-9-13(7-8-14(15)17(18,19)20)29(24,25)12-5-3-2-4-6-12/h2-9,11,22H,10H2,1H3,(H2,21,23). The topological polar surface area (TPSA) is 133 Å². The highest BCUT2D eigenvalue weighted by molar-refractivity contribution is 7.91. The van der Waals surface area contributed by atoms with Crippen molar-refractivity contribution in [3.63, 3.8) is 0 Å². The van der Waals surface area contributed by atoms with E-state index in [1.807, 2.05) is 4.72 Å². The molecule has 1 amide bonds. The van der Waals surface area contributed by atoms with E-state index >= 15 is 0 Å². The molecule has 30 heavy (non-hydrogen) atoms. The predicted octanol–water partition coefficient (Wildman–Crippen LogP) is 2.30. The van der Waals surface area contributed by atoms with Crippen LogP contribution in [-0.4, -0.2) is 35.6 Å². The fourth-order valence-corrected chi connectivity index (χ4v) is 5.15. The molecule has 2 aromatic carbocycles. The molecule has 8 nitrogen and oxygen atoms in total. The zero-order valence-corrected chi connectivity index (χ0v) is 17.0. The van der Waals surface area contributed by atoms with E-state index in [4.69, 9.17) is 5.73 Å². The number of sulfonamides is 1. The van der Waals surface area contributed by atoms with E-state index < -0.39 is 60.1 Å². The molecule has 0 aromatic heterocycles. The largest absolute Gasteiger partial charge is 0.445 e. The molecule has 164 valence electrons. The highest BCUT2D eigenvalue weighted by Crippen LogP contribution is 2.36. The maximum Gasteiger partial charge on any atom is 0.417 e. The van der Waals surface area contributed by atoms with Crippen molar-refractivity contribution < 1.29 is 39.5 Å². The van der Waals surface area contributed by atoms with Crippen molar-refractivity contribution in [1.29, 1.82) is 0 Å². The van der Waals surface area contributed by atoms with E-state index in [0.29, 0.717) is 18.2 Å². The molecule has 0 aliphatic carbocycles. The van der Waals surface area contributed by atoms with Crippen LogP contribution < -0.4 is 10.5 Å². The molecule has 13 heteroatoms. The molecule has 0 bridgehead atoms. The third-order valence-electron chi connectivity index (χ3n) is 3.79. The van der Waals surface area contributed by atoms with Gasteiger partial charge in [0.2, 0.25) is 19.9 Å². The first-order chi connectivity index (χ1) is 13.7. The fraction of sp³-hybridized carbons (Fsp3) is 0.235. The first-order valence-corrected chi connectivity index (χ1v) is 11.2. The Morgan fingerprint density at radius 3 is 2.20 bits per heavy atom. The second-order valence-electron chi connectivity index (χ2n) is 6.07. The van der Waals surface area contributed by atoms with Gasteiger partial charge in [0, 0.05) is 6.54 Å². The molecule has 0 heterocycles. The van der Waals surface area contributed by atoms with Crippen molar-refractivity contribution >= 4 is 26.0 Å². The Balaban J connectivity index is 2.53. The number of carbonyl (C=O) groups excluding carboxylic acids is 1. The van der Waals surface area contributed by atoms with E-state index in [1.54, 1.807) is 6.07 Å². The lowest BCUT2D eigenvalue weighted by Gasteiger charge is -2.17. The Labute approximate surface area is 170 Å². The number of rotatable bonds is 7. The summed E-state index contributed by atoms with van der Waals surface area (Å²) in [6.07, 6.45) is -7.36. The minimum absolute atomic E-state index is 0.218. The average Bonchev–Trinajstić information content (AvgIpc) is 2.65. The van der Waals surface area contributed by atoms with Gasteiger partial charge in [-0.25, -0.2) is 26.4 Å². The van der Waals surface area contributed by atoms with Crippen molar-refractivity contribution in [3.8, 4) is 0 Å². The number of amides is 1. The number of hydrogen-bond donors (Lipinski definition) is 2. The molecule has 0 spiro atoms. The molecular formula is C17H17F3N2O6S2. The second kappa shape index (κ2) is 8.62. The SMILES string of the molecule is CC(CNS(=O)(=O)c1cc(S(=O)(=O)c2ccccc2)ccc1C(F)(F)F)OC(N)=O. The number of nitrogens with two attached hydrogens (primary N) is 1. The van der Waals surface area contributed by atoms with Gasteiger partial charge in [-0.1, -0.05) is 18.2 Å². The van der Waals surface area contributed by atoms with Crippen LogP contribution in [0.4, 0.5) is 18.0 Å². The molecule has 2 aromatic rings. The molecule has 1 unspecified atom stereocenters. The van der Waals surface area contributed by atoms with Gasteiger partial charge in [-0.3, -0.25) is 0 Å². The average molecular weight is 466 g/mol. The van der Waals surface area contributed by atoms with Crippen LogP contribution in [0, 0.1) is 0 Å². The van der Waals surface area contributed by atoms with Crippen LogP contribution in [0.5, 0.6) is 0 Å². The summed E-state index contributed by atoms with van der Waals surface area (Å²) in [5, 5.41) is 0. The number of nitrogens with one attached hydrogen (secondary N) is 1. The first-order valence-electron chi connectivity index (χ1n) is 8.22. The van der Waals surface area contributed by atoms with Gasteiger partial charge in [0.05, 0.1) is 20.2 Å². The summed E-state index contributed by atoms with van der Waals surface area (Å²) in [7, 11) is -9.11. The number of primary amides is 1. The normalized spacial score (nSPS) is 13.6. The predicted molar refractivity (Wildman–Crippen MR) is 98.7 cm³/mol. The summed E-state index contributed by atoms with van der Waals surface area (Å²) >= 11 is 0. The summed E-state index contributed by atoms with van der Waals surface area (Å²) in [6, 6.07) is 8.32.